The summed E-state index contributed by atoms with van der Waals surface area (Å²) in [5.41, 5.74) is 16.5. The number of amides is 1. The van der Waals surface area contributed by atoms with E-state index >= 15 is 0 Å². The van der Waals surface area contributed by atoms with Gasteiger partial charge in [0.15, 0.2) is 0 Å². The molecule has 0 atom stereocenters. The van der Waals surface area contributed by atoms with Crippen molar-refractivity contribution in [2.75, 3.05) is 25.4 Å². The van der Waals surface area contributed by atoms with Crippen LogP contribution in [0.25, 0.3) is 0 Å². The molecule has 1 aromatic heterocycles. The number of anilines is 1. The molecular formula is C14H17N5O2. The van der Waals surface area contributed by atoms with Crippen molar-refractivity contribution in [1.29, 1.82) is 0 Å². The van der Waals surface area contributed by atoms with Crippen molar-refractivity contribution in [2.24, 2.45) is 10.7 Å². The topological polar surface area (TPSA) is 111 Å². The molecule has 3 rings (SSSR count). The first-order valence-corrected chi connectivity index (χ1v) is 6.73. The molecule has 21 heavy (non-hydrogen) atoms. The number of hydrogen-bond acceptors (Lipinski definition) is 6. The SMILES string of the molecule is C=C1CN=C(C2=C(N)CCN(C=O)C2)c2noc(N)c2C1. The molecule has 0 aromatic carbocycles. The van der Waals surface area contributed by atoms with E-state index in [9.17, 15) is 4.79 Å². The first-order chi connectivity index (χ1) is 10.1. The second-order valence-corrected chi connectivity index (χ2v) is 5.30. The first kappa shape index (κ1) is 13.4. The molecule has 0 radical (unpaired) electrons. The fourth-order valence-electron chi connectivity index (χ4n) is 2.60. The fourth-order valence-corrected chi connectivity index (χ4v) is 2.60. The molecule has 4 N–H and O–H groups in total. The second kappa shape index (κ2) is 5.08. The van der Waals surface area contributed by atoms with Crippen LogP contribution in [-0.2, 0) is 11.2 Å². The molecule has 0 saturated carbocycles. The average Bonchev–Trinajstić information content (AvgIpc) is 2.73. The van der Waals surface area contributed by atoms with Crippen molar-refractivity contribution in [3.8, 4) is 0 Å². The molecule has 7 nitrogen and oxygen atoms in total. The fraction of sp³-hybridized carbons (Fsp3) is 0.357. The summed E-state index contributed by atoms with van der Waals surface area (Å²) in [4.78, 5) is 17.2. The van der Waals surface area contributed by atoms with E-state index in [4.69, 9.17) is 16.0 Å². The molecule has 7 heteroatoms. The maximum absolute atomic E-state index is 11.0. The van der Waals surface area contributed by atoms with Crippen LogP contribution in [0.15, 0.2) is 32.9 Å². The van der Waals surface area contributed by atoms with Crippen LogP contribution in [0.3, 0.4) is 0 Å². The van der Waals surface area contributed by atoms with E-state index < -0.39 is 0 Å². The number of hydrogen-bond donors (Lipinski definition) is 2. The number of aromatic nitrogens is 1. The molecular weight excluding hydrogens is 270 g/mol. The molecule has 2 aliphatic heterocycles. The highest BCUT2D eigenvalue weighted by molar-refractivity contribution is 6.14. The lowest BCUT2D eigenvalue weighted by Gasteiger charge is -2.26. The van der Waals surface area contributed by atoms with Crippen molar-refractivity contribution in [1.82, 2.24) is 10.1 Å². The summed E-state index contributed by atoms with van der Waals surface area (Å²) in [6, 6.07) is 0. The van der Waals surface area contributed by atoms with Gasteiger partial charge in [-0.25, -0.2) is 0 Å². The molecule has 0 fully saturated rings. The Kier molecular flexibility index (Phi) is 3.25. The average molecular weight is 287 g/mol. The van der Waals surface area contributed by atoms with Gasteiger partial charge in [0.05, 0.1) is 17.8 Å². The van der Waals surface area contributed by atoms with E-state index in [1.807, 2.05) is 0 Å². The zero-order valence-corrected chi connectivity index (χ0v) is 11.6. The van der Waals surface area contributed by atoms with Gasteiger partial charge in [0.2, 0.25) is 12.3 Å². The highest BCUT2D eigenvalue weighted by atomic mass is 16.5. The second-order valence-electron chi connectivity index (χ2n) is 5.30. The Morgan fingerprint density at radius 1 is 1.38 bits per heavy atom. The van der Waals surface area contributed by atoms with Gasteiger partial charge in [0, 0.05) is 37.2 Å². The maximum Gasteiger partial charge on any atom is 0.226 e. The minimum atomic E-state index is 0.281. The molecule has 1 aromatic rings. The molecule has 110 valence electrons. The summed E-state index contributed by atoms with van der Waals surface area (Å²) in [5.74, 6) is 0.281. The van der Waals surface area contributed by atoms with Gasteiger partial charge in [-0.1, -0.05) is 17.3 Å². The molecule has 1 amide bonds. The van der Waals surface area contributed by atoms with Crippen molar-refractivity contribution in [2.45, 2.75) is 12.8 Å². The monoisotopic (exact) mass is 287 g/mol. The third-order valence-electron chi connectivity index (χ3n) is 3.78. The van der Waals surface area contributed by atoms with Crippen LogP contribution in [0.5, 0.6) is 0 Å². The molecule has 0 bridgehead atoms. The van der Waals surface area contributed by atoms with E-state index in [-0.39, 0.29) is 5.88 Å². The first-order valence-electron chi connectivity index (χ1n) is 6.73. The summed E-state index contributed by atoms with van der Waals surface area (Å²) >= 11 is 0. The van der Waals surface area contributed by atoms with Crippen molar-refractivity contribution >= 4 is 18.0 Å². The van der Waals surface area contributed by atoms with E-state index in [0.717, 1.165) is 28.8 Å². The molecule has 0 aliphatic carbocycles. The van der Waals surface area contributed by atoms with Crippen LogP contribution in [0.2, 0.25) is 0 Å². The van der Waals surface area contributed by atoms with Crippen LogP contribution in [0.1, 0.15) is 17.7 Å². The van der Waals surface area contributed by atoms with E-state index in [2.05, 4.69) is 16.7 Å². The van der Waals surface area contributed by atoms with Crippen molar-refractivity contribution in [3.63, 3.8) is 0 Å². The minimum Gasteiger partial charge on any atom is -0.402 e. The van der Waals surface area contributed by atoms with Gasteiger partial charge < -0.3 is 20.9 Å². The van der Waals surface area contributed by atoms with Crippen LogP contribution >= 0.6 is 0 Å². The Morgan fingerprint density at radius 3 is 2.95 bits per heavy atom. The Bertz CT molecular complexity index is 671. The lowest BCUT2D eigenvalue weighted by Crippen LogP contribution is -2.35. The molecule has 0 unspecified atom stereocenters. The van der Waals surface area contributed by atoms with Gasteiger partial charge in [0.1, 0.15) is 5.69 Å². The Labute approximate surface area is 122 Å². The number of aliphatic imine (C=N–C) groups is 1. The lowest BCUT2D eigenvalue weighted by molar-refractivity contribution is -0.117. The van der Waals surface area contributed by atoms with E-state index in [1.165, 1.54) is 0 Å². The zero-order chi connectivity index (χ0) is 15.0. The normalized spacial score (nSPS) is 19.1. The Hall–Kier alpha value is -2.57. The van der Waals surface area contributed by atoms with Gasteiger partial charge in [0.25, 0.3) is 0 Å². The quantitative estimate of drug-likeness (QED) is 0.597. The van der Waals surface area contributed by atoms with Gasteiger partial charge >= 0.3 is 0 Å². The van der Waals surface area contributed by atoms with Crippen LogP contribution in [0, 0.1) is 0 Å². The predicted octanol–water partition coefficient (Wildman–Crippen LogP) is 0.233. The summed E-state index contributed by atoms with van der Waals surface area (Å²) in [5, 5.41) is 4.02. The summed E-state index contributed by atoms with van der Waals surface area (Å²) in [7, 11) is 0. The molecule has 0 saturated heterocycles. The standard InChI is InChI=1S/C14H17N5O2/c1-8-4-9-13(18-21-14(9)16)12(17-5-8)10-6-19(7-20)3-2-11(10)15/h7H,1-6,15-16H2. The van der Waals surface area contributed by atoms with Crippen LogP contribution in [-0.4, -0.2) is 41.8 Å². The highest BCUT2D eigenvalue weighted by Crippen LogP contribution is 2.28. The smallest absolute Gasteiger partial charge is 0.226 e. The third kappa shape index (κ3) is 2.31. The Balaban J connectivity index is 2.08. The largest absolute Gasteiger partial charge is 0.402 e. The maximum atomic E-state index is 11.0. The lowest BCUT2D eigenvalue weighted by atomic mass is 9.97. The minimum absolute atomic E-state index is 0.281. The highest BCUT2D eigenvalue weighted by Gasteiger charge is 2.28. The number of nitrogens with two attached hydrogens (primary N) is 2. The van der Waals surface area contributed by atoms with E-state index in [1.54, 1.807) is 4.90 Å². The van der Waals surface area contributed by atoms with Crippen LogP contribution < -0.4 is 11.5 Å². The number of fused-ring (bicyclic) bond motifs is 1. The summed E-state index contributed by atoms with van der Waals surface area (Å²) < 4.78 is 5.09. The summed E-state index contributed by atoms with van der Waals surface area (Å²) in [6.45, 7) is 5.51. The van der Waals surface area contributed by atoms with Gasteiger partial charge in [-0.3, -0.25) is 9.79 Å². The molecule has 2 aliphatic rings. The Morgan fingerprint density at radius 2 is 2.19 bits per heavy atom. The number of nitrogen functional groups attached to an aromatic ring is 1. The zero-order valence-electron chi connectivity index (χ0n) is 11.6. The number of rotatable bonds is 2. The molecule has 0 spiro atoms. The number of carbonyl (C=O) groups excluding carboxylic acids is 1. The van der Waals surface area contributed by atoms with Crippen LogP contribution in [0.4, 0.5) is 5.88 Å². The van der Waals surface area contributed by atoms with Crippen molar-refractivity contribution in [3.05, 3.63) is 34.7 Å². The summed E-state index contributed by atoms with van der Waals surface area (Å²) in [6.07, 6.45) is 2.03. The molecule has 3 heterocycles. The van der Waals surface area contributed by atoms with Gasteiger partial charge in [-0.2, -0.15) is 0 Å². The number of nitrogens with zero attached hydrogens (tertiary/aromatic N) is 3. The van der Waals surface area contributed by atoms with Gasteiger partial charge in [-0.15, -0.1) is 0 Å². The third-order valence-corrected chi connectivity index (χ3v) is 3.78. The van der Waals surface area contributed by atoms with Crippen molar-refractivity contribution < 1.29 is 9.32 Å². The predicted molar refractivity (Wildman–Crippen MR) is 78.6 cm³/mol. The van der Waals surface area contributed by atoms with E-state index in [0.29, 0.717) is 43.9 Å². The van der Waals surface area contributed by atoms with Gasteiger partial charge in [-0.05, 0) is 0 Å². The number of carbonyl (C=O) groups is 1.